The summed E-state index contributed by atoms with van der Waals surface area (Å²) in [7, 11) is 0. The molecular weight excluding hydrogens is 476 g/mol. The summed E-state index contributed by atoms with van der Waals surface area (Å²) in [4.78, 5) is 17.9. The molecule has 158 valence electrons. The lowest BCUT2D eigenvalue weighted by Gasteiger charge is -2.10. The third kappa shape index (κ3) is 4.23. The second-order valence-corrected chi connectivity index (χ2v) is 8.79. The minimum absolute atomic E-state index is 0.172. The summed E-state index contributed by atoms with van der Waals surface area (Å²) in [5.41, 5.74) is 4.51. The van der Waals surface area contributed by atoms with Crippen LogP contribution in [-0.2, 0) is 6.42 Å². The van der Waals surface area contributed by atoms with Gasteiger partial charge in [0.15, 0.2) is 0 Å². The molecule has 7 heteroatoms. The Morgan fingerprint density at radius 2 is 1.97 bits per heavy atom. The zero-order valence-corrected chi connectivity index (χ0v) is 19.9. The van der Waals surface area contributed by atoms with Crippen molar-refractivity contribution in [2.24, 2.45) is 5.10 Å². The lowest BCUT2D eigenvalue weighted by Crippen LogP contribution is -2.22. The summed E-state index contributed by atoms with van der Waals surface area (Å²) in [6.07, 6.45) is 3.27. The van der Waals surface area contributed by atoms with Gasteiger partial charge < -0.3 is 4.57 Å². The van der Waals surface area contributed by atoms with Gasteiger partial charge in [-0.2, -0.15) is 9.78 Å². The Kier molecular flexibility index (Phi) is 6.12. The Labute approximate surface area is 194 Å². The van der Waals surface area contributed by atoms with Crippen molar-refractivity contribution in [1.82, 2.24) is 14.2 Å². The number of halogens is 2. The van der Waals surface area contributed by atoms with Crippen molar-refractivity contribution in [3.63, 3.8) is 0 Å². The van der Waals surface area contributed by atoms with Crippen LogP contribution in [0.3, 0.4) is 0 Å². The Morgan fingerprint density at radius 1 is 1.16 bits per heavy atom. The molecule has 0 atom stereocenters. The van der Waals surface area contributed by atoms with Gasteiger partial charge in [0.2, 0.25) is 0 Å². The number of rotatable bonds is 5. The molecule has 0 N–H and O–H groups in total. The lowest BCUT2D eigenvalue weighted by atomic mass is 10.2. The van der Waals surface area contributed by atoms with Crippen molar-refractivity contribution in [3.05, 3.63) is 91.2 Å². The molecule has 2 aromatic heterocycles. The van der Waals surface area contributed by atoms with Crippen LogP contribution in [0.15, 0.2) is 62.9 Å². The summed E-state index contributed by atoms with van der Waals surface area (Å²) >= 11 is 9.62. The van der Waals surface area contributed by atoms with Gasteiger partial charge in [-0.15, -0.1) is 0 Å². The third-order valence-corrected chi connectivity index (χ3v) is 5.93. The van der Waals surface area contributed by atoms with Gasteiger partial charge >= 0.3 is 0 Å². The van der Waals surface area contributed by atoms with Crippen LogP contribution in [-0.4, -0.2) is 20.4 Å². The molecule has 0 fully saturated rings. The molecular formula is C24H22BrClN4O. The van der Waals surface area contributed by atoms with Gasteiger partial charge in [-0.1, -0.05) is 40.5 Å². The summed E-state index contributed by atoms with van der Waals surface area (Å²) in [6.45, 7) is 6.13. The van der Waals surface area contributed by atoms with Crippen LogP contribution in [0.4, 0.5) is 0 Å². The van der Waals surface area contributed by atoms with Gasteiger partial charge in [0.25, 0.3) is 5.56 Å². The molecule has 4 rings (SSSR count). The summed E-state index contributed by atoms with van der Waals surface area (Å²) in [6, 6.07) is 15.3. The maximum Gasteiger partial charge on any atom is 0.282 e. The molecule has 0 aliphatic carbocycles. The number of nitrogens with zero attached hydrogens (tertiary/aromatic N) is 4. The first-order valence-electron chi connectivity index (χ1n) is 10.1. The van der Waals surface area contributed by atoms with Crippen LogP contribution >= 0.6 is 27.5 Å². The molecule has 31 heavy (non-hydrogen) atoms. The maximum atomic E-state index is 13.2. The molecule has 0 aliphatic heterocycles. The first kappa shape index (κ1) is 21.5. The molecule has 0 unspecified atom stereocenters. The molecule has 0 radical (unpaired) electrons. The van der Waals surface area contributed by atoms with Crippen LogP contribution in [0.5, 0.6) is 0 Å². The smallest absolute Gasteiger partial charge is 0.282 e. The first-order valence-corrected chi connectivity index (χ1v) is 11.3. The van der Waals surface area contributed by atoms with Gasteiger partial charge in [-0.05, 0) is 62.7 Å². The highest BCUT2D eigenvalue weighted by atomic mass is 79.9. The average Bonchev–Trinajstić information content (AvgIpc) is 3.02. The van der Waals surface area contributed by atoms with Crippen molar-refractivity contribution in [3.8, 4) is 5.69 Å². The van der Waals surface area contributed by atoms with E-state index in [0.29, 0.717) is 28.2 Å². The van der Waals surface area contributed by atoms with E-state index in [1.165, 1.54) is 4.68 Å². The number of fused-ring (bicyclic) bond motifs is 1. The number of aryl methyl sites for hydroxylation is 2. The quantitative estimate of drug-likeness (QED) is 0.315. The second-order valence-electron chi connectivity index (χ2n) is 7.44. The lowest BCUT2D eigenvalue weighted by molar-refractivity contribution is 0.703. The maximum absolute atomic E-state index is 13.2. The van der Waals surface area contributed by atoms with Gasteiger partial charge in [0.05, 0.1) is 17.1 Å². The Balaban J connectivity index is 1.82. The van der Waals surface area contributed by atoms with E-state index in [2.05, 4.69) is 38.6 Å². The fourth-order valence-electron chi connectivity index (χ4n) is 3.75. The number of aromatic nitrogens is 3. The topological polar surface area (TPSA) is 52.2 Å². The van der Waals surface area contributed by atoms with E-state index in [9.17, 15) is 4.79 Å². The Hall–Kier alpha value is -2.70. The number of benzene rings is 2. The van der Waals surface area contributed by atoms with E-state index in [1.54, 1.807) is 12.3 Å². The zero-order valence-electron chi connectivity index (χ0n) is 17.6. The van der Waals surface area contributed by atoms with Gasteiger partial charge in [-0.25, -0.2) is 4.98 Å². The van der Waals surface area contributed by atoms with Crippen molar-refractivity contribution in [2.45, 2.75) is 33.6 Å². The summed E-state index contributed by atoms with van der Waals surface area (Å²) < 4.78 is 4.38. The Morgan fingerprint density at radius 3 is 2.71 bits per heavy atom. The van der Waals surface area contributed by atoms with Crippen molar-refractivity contribution in [1.29, 1.82) is 0 Å². The van der Waals surface area contributed by atoms with Crippen LogP contribution in [0.2, 0.25) is 5.02 Å². The molecule has 4 aromatic rings. The van der Waals surface area contributed by atoms with E-state index in [-0.39, 0.29) is 5.56 Å². The number of hydrogen-bond acceptors (Lipinski definition) is 3. The average molecular weight is 498 g/mol. The predicted octanol–water partition coefficient (Wildman–Crippen LogP) is 6.05. The summed E-state index contributed by atoms with van der Waals surface area (Å²) in [5, 5.41) is 5.79. The summed E-state index contributed by atoms with van der Waals surface area (Å²) in [5.74, 6) is 0.655. The molecule has 0 amide bonds. The van der Waals surface area contributed by atoms with Crippen LogP contribution in [0, 0.1) is 13.8 Å². The normalized spacial score (nSPS) is 11.6. The van der Waals surface area contributed by atoms with E-state index in [0.717, 1.165) is 33.5 Å². The highest BCUT2D eigenvalue weighted by Gasteiger charge is 2.12. The predicted molar refractivity (Wildman–Crippen MR) is 131 cm³/mol. The fraction of sp³-hybridized carbons (Fsp3) is 0.208. The Bertz CT molecular complexity index is 1370. The molecule has 0 spiro atoms. The van der Waals surface area contributed by atoms with Gasteiger partial charge in [0, 0.05) is 38.6 Å². The fourth-order valence-corrected chi connectivity index (χ4v) is 4.30. The monoisotopic (exact) mass is 496 g/mol. The highest BCUT2D eigenvalue weighted by Crippen LogP contribution is 2.22. The van der Waals surface area contributed by atoms with E-state index >= 15 is 0 Å². The molecule has 2 aromatic carbocycles. The SMILES string of the molecule is CCCc1nc2ccc(Br)cc2c(=O)n1N=Cc1cc(C)n(-c2cccc(Cl)c2)c1C. The van der Waals surface area contributed by atoms with Gasteiger partial charge in [0.1, 0.15) is 5.82 Å². The minimum Gasteiger partial charge on any atom is -0.318 e. The van der Waals surface area contributed by atoms with Crippen LogP contribution in [0.1, 0.15) is 36.1 Å². The van der Waals surface area contributed by atoms with Crippen molar-refractivity contribution >= 4 is 44.6 Å². The highest BCUT2D eigenvalue weighted by molar-refractivity contribution is 9.10. The first-order chi connectivity index (χ1) is 14.9. The van der Waals surface area contributed by atoms with Gasteiger partial charge in [-0.3, -0.25) is 4.79 Å². The second kappa shape index (κ2) is 8.81. The largest absolute Gasteiger partial charge is 0.318 e. The molecule has 0 saturated heterocycles. The van der Waals surface area contributed by atoms with E-state index < -0.39 is 0 Å². The molecule has 0 bridgehead atoms. The molecule has 0 saturated carbocycles. The van der Waals surface area contributed by atoms with E-state index in [4.69, 9.17) is 16.6 Å². The number of hydrogen-bond donors (Lipinski definition) is 0. The molecule has 0 aliphatic rings. The third-order valence-electron chi connectivity index (χ3n) is 5.20. The zero-order chi connectivity index (χ0) is 22.1. The van der Waals surface area contributed by atoms with Crippen molar-refractivity contribution < 1.29 is 0 Å². The standard InChI is InChI=1S/C24H22BrClN4O/c1-4-6-23-28-22-10-9-18(25)12-21(22)24(31)30(23)27-14-17-11-15(2)29(16(17)3)20-8-5-7-19(26)13-20/h5,7-14H,4,6H2,1-3H3. The van der Waals surface area contributed by atoms with E-state index in [1.807, 2.05) is 50.2 Å². The molecule has 2 heterocycles. The molecule has 5 nitrogen and oxygen atoms in total. The van der Waals surface area contributed by atoms with Crippen molar-refractivity contribution in [2.75, 3.05) is 0 Å². The van der Waals surface area contributed by atoms with Crippen LogP contribution < -0.4 is 5.56 Å². The van der Waals surface area contributed by atoms with Crippen LogP contribution in [0.25, 0.3) is 16.6 Å². The minimum atomic E-state index is -0.172.